The second kappa shape index (κ2) is 9.41. The minimum atomic E-state index is -1.12. The third-order valence-electron chi connectivity index (χ3n) is 5.54. The number of benzene rings is 3. The molecular weight excluding hydrogens is 390 g/mol. The lowest BCUT2D eigenvalue weighted by Crippen LogP contribution is -2.30. The summed E-state index contributed by atoms with van der Waals surface area (Å²) in [6.07, 6.45) is 0. The molecule has 3 aromatic rings. The SMILES string of the molecule is COc1cccc(CN2CCOc3ccc(C(C)(O)COc4ccccc4)cc3C2)c1. The maximum Gasteiger partial charge on any atom is 0.123 e. The minimum Gasteiger partial charge on any atom is -0.497 e. The second-order valence-electron chi connectivity index (χ2n) is 8.11. The summed E-state index contributed by atoms with van der Waals surface area (Å²) >= 11 is 0. The molecule has 162 valence electrons. The van der Waals surface area contributed by atoms with Gasteiger partial charge in [0.25, 0.3) is 0 Å². The maximum absolute atomic E-state index is 11.1. The minimum absolute atomic E-state index is 0.171. The normalized spacial score (nSPS) is 15.8. The Morgan fingerprint density at radius 3 is 2.61 bits per heavy atom. The number of para-hydroxylation sites is 1. The van der Waals surface area contributed by atoms with Crippen LogP contribution in [0.25, 0.3) is 0 Å². The van der Waals surface area contributed by atoms with Crippen LogP contribution in [-0.2, 0) is 18.7 Å². The zero-order chi connectivity index (χ0) is 21.7. The van der Waals surface area contributed by atoms with Gasteiger partial charge >= 0.3 is 0 Å². The first kappa shape index (κ1) is 21.2. The molecule has 0 aromatic heterocycles. The maximum atomic E-state index is 11.1. The summed E-state index contributed by atoms with van der Waals surface area (Å²) in [6.45, 7) is 4.96. The number of methoxy groups -OCH3 is 1. The summed E-state index contributed by atoms with van der Waals surface area (Å²) in [5.74, 6) is 2.47. The van der Waals surface area contributed by atoms with Crippen molar-refractivity contribution >= 4 is 0 Å². The highest BCUT2D eigenvalue weighted by molar-refractivity contribution is 5.40. The molecule has 1 atom stereocenters. The first-order valence-corrected chi connectivity index (χ1v) is 10.6. The fourth-order valence-corrected chi connectivity index (χ4v) is 3.77. The average Bonchev–Trinajstić information content (AvgIpc) is 2.99. The molecule has 0 amide bonds. The summed E-state index contributed by atoms with van der Waals surface area (Å²) in [6, 6.07) is 23.6. The van der Waals surface area contributed by atoms with Crippen molar-refractivity contribution in [2.24, 2.45) is 0 Å². The molecule has 5 nitrogen and oxygen atoms in total. The Morgan fingerprint density at radius 2 is 1.81 bits per heavy atom. The van der Waals surface area contributed by atoms with E-state index in [1.165, 1.54) is 5.56 Å². The van der Waals surface area contributed by atoms with E-state index in [2.05, 4.69) is 17.0 Å². The van der Waals surface area contributed by atoms with Gasteiger partial charge in [-0.05, 0) is 54.4 Å². The Bertz CT molecular complexity index is 1000. The Balaban J connectivity index is 1.48. The molecule has 3 aromatic carbocycles. The van der Waals surface area contributed by atoms with E-state index in [1.807, 2.05) is 60.7 Å². The molecule has 4 rings (SSSR count). The molecule has 31 heavy (non-hydrogen) atoms. The van der Waals surface area contributed by atoms with Crippen LogP contribution in [0.2, 0.25) is 0 Å². The van der Waals surface area contributed by atoms with Crippen molar-refractivity contribution in [2.45, 2.75) is 25.6 Å². The highest BCUT2D eigenvalue weighted by Gasteiger charge is 2.26. The molecule has 1 unspecified atom stereocenters. The van der Waals surface area contributed by atoms with E-state index in [0.717, 1.165) is 48.0 Å². The van der Waals surface area contributed by atoms with Crippen molar-refractivity contribution in [1.82, 2.24) is 4.90 Å². The highest BCUT2D eigenvalue weighted by Crippen LogP contribution is 2.30. The van der Waals surface area contributed by atoms with Gasteiger partial charge in [-0.25, -0.2) is 0 Å². The van der Waals surface area contributed by atoms with E-state index in [-0.39, 0.29) is 6.61 Å². The quantitative estimate of drug-likeness (QED) is 0.616. The van der Waals surface area contributed by atoms with Gasteiger partial charge in [-0.3, -0.25) is 4.90 Å². The van der Waals surface area contributed by atoms with E-state index in [1.54, 1.807) is 14.0 Å². The lowest BCUT2D eigenvalue weighted by atomic mass is 9.94. The number of fused-ring (bicyclic) bond motifs is 1. The monoisotopic (exact) mass is 419 g/mol. The summed E-state index contributed by atoms with van der Waals surface area (Å²) in [5, 5.41) is 11.1. The molecule has 0 bridgehead atoms. The number of hydrogen-bond donors (Lipinski definition) is 1. The van der Waals surface area contributed by atoms with Crippen molar-refractivity contribution in [2.75, 3.05) is 26.9 Å². The molecule has 5 heteroatoms. The van der Waals surface area contributed by atoms with E-state index in [0.29, 0.717) is 6.61 Å². The molecule has 0 fully saturated rings. The average molecular weight is 420 g/mol. The van der Waals surface area contributed by atoms with E-state index >= 15 is 0 Å². The van der Waals surface area contributed by atoms with Crippen LogP contribution >= 0.6 is 0 Å². The molecule has 0 saturated heterocycles. The van der Waals surface area contributed by atoms with Crippen LogP contribution in [0.4, 0.5) is 0 Å². The fraction of sp³-hybridized carbons (Fsp3) is 0.308. The van der Waals surface area contributed by atoms with Gasteiger partial charge < -0.3 is 19.3 Å². The number of rotatable bonds is 7. The Labute approximate surface area is 183 Å². The standard InChI is InChI=1S/C26H29NO4/c1-26(28,19-31-23-8-4-3-5-9-23)22-11-12-25-21(16-22)18-27(13-14-30-25)17-20-7-6-10-24(15-20)29-2/h3-12,15-16,28H,13-14,17-19H2,1-2H3. The van der Waals surface area contributed by atoms with Crippen molar-refractivity contribution < 1.29 is 19.3 Å². The highest BCUT2D eigenvalue weighted by atomic mass is 16.5. The molecule has 1 N–H and O–H groups in total. The molecule has 0 radical (unpaired) electrons. The number of nitrogens with zero attached hydrogens (tertiary/aromatic N) is 1. The van der Waals surface area contributed by atoms with Gasteiger partial charge in [-0.2, -0.15) is 0 Å². The number of ether oxygens (including phenoxy) is 3. The predicted octanol–water partition coefficient (Wildman–Crippen LogP) is 4.38. The van der Waals surface area contributed by atoms with Crippen molar-refractivity contribution in [1.29, 1.82) is 0 Å². The van der Waals surface area contributed by atoms with Crippen LogP contribution in [0.3, 0.4) is 0 Å². The van der Waals surface area contributed by atoms with Crippen LogP contribution in [0, 0.1) is 0 Å². The fourth-order valence-electron chi connectivity index (χ4n) is 3.77. The third-order valence-corrected chi connectivity index (χ3v) is 5.54. The first-order chi connectivity index (χ1) is 15.0. The zero-order valence-corrected chi connectivity index (χ0v) is 18.1. The van der Waals surface area contributed by atoms with E-state index in [9.17, 15) is 5.11 Å². The van der Waals surface area contributed by atoms with Gasteiger partial charge in [-0.15, -0.1) is 0 Å². The molecule has 1 heterocycles. The second-order valence-corrected chi connectivity index (χ2v) is 8.11. The van der Waals surface area contributed by atoms with Crippen LogP contribution in [0.5, 0.6) is 17.2 Å². The Kier molecular flexibility index (Phi) is 6.44. The smallest absolute Gasteiger partial charge is 0.123 e. The topological polar surface area (TPSA) is 51.2 Å². The van der Waals surface area contributed by atoms with E-state index < -0.39 is 5.60 Å². The van der Waals surface area contributed by atoms with Gasteiger partial charge in [0.1, 0.15) is 36.1 Å². The Hall–Kier alpha value is -3.02. The van der Waals surface area contributed by atoms with Gasteiger partial charge in [0, 0.05) is 25.2 Å². The zero-order valence-electron chi connectivity index (χ0n) is 18.1. The largest absolute Gasteiger partial charge is 0.497 e. The molecule has 1 aliphatic rings. The van der Waals surface area contributed by atoms with Gasteiger partial charge in [-0.1, -0.05) is 36.4 Å². The molecule has 0 aliphatic carbocycles. The summed E-state index contributed by atoms with van der Waals surface area (Å²) in [7, 11) is 1.68. The van der Waals surface area contributed by atoms with Crippen molar-refractivity contribution in [3.05, 3.63) is 89.5 Å². The lowest BCUT2D eigenvalue weighted by molar-refractivity contribution is 0.00748. The van der Waals surface area contributed by atoms with Crippen LogP contribution < -0.4 is 14.2 Å². The molecule has 1 aliphatic heterocycles. The molecule has 0 saturated carbocycles. The first-order valence-electron chi connectivity index (χ1n) is 10.6. The van der Waals surface area contributed by atoms with Gasteiger partial charge in [0.15, 0.2) is 0 Å². The van der Waals surface area contributed by atoms with Gasteiger partial charge in [0.05, 0.1) is 7.11 Å². The summed E-state index contributed by atoms with van der Waals surface area (Å²) < 4.78 is 17.1. The Morgan fingerprint density at radius 1 is 1.00 bits per heavy atom. The lowest BCUT2D eigenvalue weighted by Gasteiger charge is -2.25. The van der Waals surface area contributed by atoms with Crippen molar-refractivity contribution in [3.63, 3.8) is 0 Å². The van der Waals surface area contributed by atoms with Crippen molar-refractivity contribution in [3.8, 4) is 17.2 Å². The molecular formula is C26H29NO4. The van der Waals surface area contributed by atoms with Crippen LogP contribution in [0.15, 0.2) is 72.8 Å². The number of hydrogen-bond acceptors (Lipinski definition) is 5. The summed E-state index contributed by atoms with van der Waals surface area (Å²) in [5.41, 5.74) is 1.96. The number of aliphatic hydroxyl groups is 1. The van der Waals surface area contributed by atoms with Crippen LogP contribution in [0.1, 0.15) is 23.6 Å². The van der Waals surface area contributed by atoms with Crippen LogP contribution in [-0.4, -0.2) is 36.9 Å². The van der Waals surface area contributed by atoms with Gasteiger partial charge in [0.2, 0.25) is 0 Å². The van der Waals surface area contributed by atoms with E-state index in [4.69, 9.17) is 14.2 Å². The molecule has 0 spiro atoms. The predicted molar refractivity (Wildman–Crippen MR) is 121 cm³/mol. The summed E-state index contributed by atoms with van der Waals surface area (Å²) in [4.78, 5) is 2.35. The third kappa shape index (κ3) is 5.37.